The number of nitrogens with one attached hydrogen (secondary N) is 1. The molecule has 0 saturated carbocycles. The molecule has 0 aromatic heterocycles. The second-order valence-corrected chi connectivity index (χ2v) is 4.46. The molecule has 6 nitrogen and oxygen atoms in total. The van der Waals surface area contributed by atoms with E-state index in [4.69, 9.17) is 15.2 Å². The van der Waals surface area contributed by atoms with Gasteiger partial charge in [0, 0.05) is 12.6 Å². The molecule has 0 amide bonds. The van der Waals surface area contributed by atoms with Crippen LogP contribution in [-0.4, -0.2) is 45.1 Å². The van der Waals surface area contributed by atoms with Gasteiger partial charge in [0.25, 0.3) is 0 Å². The summed E-state index contributed by atoms with van der Waals surface area (Å²) in [6, 6.07) is 4.61. The number of hydrogen-bond donors (Lipinski definition) is 6. The van der Waals surface area contributed by atoms with Crippen LogP contribution in [0.2, 0.25) is 6.82 Å². The third-order valence-electron chi connectivity index (χ3n) is 2.10. The Balaban J connectivity index is 0.000000711. The molecule has 1 unspecified atom stereocenters. The van der Waals surface area contributed by atoms with Gasteiger partial charge in [-0.1, -0.05) is 19.9 Å². The van der Waals surface area contributed by atoms with Crippen LogP contribution in [0.5, 0.6) is 11.5 Å². The van der Waals surface area contributed by atoms with Gasteiger partial charge in [0.05, 0.1) is 6.10 Å². The third-order valence-corrected chi connectivity index (χ3v) is 2.10. The Bertz CT molecular complexity index is 370. The first-order valence-corrected chi connectivity index (χ1v) is 6.03. The minimum Gasteiger partial charge on any atom is -0.504 e. The van der Waals surface area contributed by atoms with Crippen LogP contribution in [0.3, 0.4) is 0 Å². The van der Waals surface area contributed by atoms with Crippen LogP contribution in [0.15, 0.2) is 18.2 Å². The summed E-state index contributed by atoms with van der Waals surface area (Å²) in [5.74, 6) is -0.390. The van der Waals surface area contributed by atoms with Crippen molar-refractivity contribution in [1.29, 1.82) is 0 Å². The maximum absolute atomic E-state index is 9.73. The van der Waals surface area contributed by atoms with Gasteiger partial charge in [-0.25, -0.2) is 0 Å². The van der Waals surface area contributed by atoms with Crippen LogP contribution in [0.25, 0.3) is 0 Å². The maximum Gasteiger partial charge on any atom is 0.448 e. The lowest BCUT2D eigenvalue weighted by Crippen LogP contribution is -2.27. The molecule has 0 saturated heterocycles. The summed E-state index contributed by atoms with van der Waals surface area (Å²) >= 11 is 0. The third kappa shape index (κ3) is 8.44. The average Bonchev–Trinajstić information content (AvgIpc) is 2.28. The monoisotopic (exact) mass is 271 g/mol. The van der Waals surface area contributed by atoms with Crippen molar-refractivity contribution in [2.45, 2.75) is 32.8 Å². The summed E-state index contributed by atoms with van der Waals surface area (Å²) in [6.45, 7) is 5.67. The number of phenols is 2. The van der Waals surface area contributed by atoms with Crippen LogP contribution in [0.1, 0.15) is 25.5 Å². The molecule has 0 fully saturated rings. The van der Waals surface area contributed by atoms with E-state index in [2.05, 4.69) is 5.32 Å². The fraction of sp³-hybridized carbons (Fsp3) is 0.500. The fourth-order valence-corrected chi connectivity index (χ4v) is 1.21. The van der Waals surface area contributed by atoms with E-state index in [9.17, 15) is 10.2 Å². The molecule has 0 aliphatic carbocycles. The molecule has 1 aromatic rings. The Hall–Kier alpha value is -1.28. The minimum absolute atomic E-state index is 0.178. The smallest absolute Gasteiger partial charge is 0.448 e. The number of aromatic hydroxyl groups is 2. The van der Waals surface area contributed by atoms with Crippen molar-refractivity contribution in [1.82, 2.24) is 5.32 Å². The maximum atomic E-state index is 9.73. The van der Waals surface area contributed by atoms with Crippen molar-refractivity contribution in [2.75, 3.05) is 6.54 Å². The number of phenolic OH excluding ortho intramolecular Hbond substituents is 2. The zero-order valence-electron chi connectivity index (χ0n) is 11.4. The highest BCUT2D eigenvalue weighted by atomic mass is 16.4. The van der Waals surface area contributed by atoms with Crippen LogP contribution in [0, 0.1) is 0 Å². The molecule has 1 rings (SSSR count). The molecule has 19 heavy (non-hydrogen) atoms. The highest BCUT2D eigenvalue weighted by Gasteiger charge is 2.10. The average molecular weight is 271 g/mol. The fourth-order valence-electron chi connectivity index (χ4n) is 1.21. The van der Waals surface area contributed by atoms with E-state index in [0.29, 0.717) is 18.2 Å². The van der Waals surface area contributed by atoms with Gasteiger partial charge < -0.3 is 30.7 Å². The lowest BCUT2D eigenvalue weighted by molar-refractivity contribution is 0.171. The van der Waals surface area contributed by atoms with Crippen molar-refractivity contribution in [3.63, 3.8) is 0 Å². The molecule has 108 valence electrons. The molecule has 1 aromatic carbocycles. The lowest BCUT2D eigenvalue weighted by Gasteiger charge is -2.14. The summed E-state index contributed by atoms with van der Waals surface area (Å²) in [4.78, 5) is 0. The molecule has 0 heterocycles. The molecule has 0 bridgehead atoms. The number of rotatable bonds is 4. The van der Waals surface area contributed by atoms with Crippen molar-refractivity contribution >= 4 is 7.12 Å². The van der Waals surface area contributed by atoms with Gasteiger partial charge in [-0.05, 0) is 24.5 Å². The van der Waals surface area contributed by atoms with Crippen LogP contribution >= 0.6 is 0 Å². The molecular formula is C12H22BNO5. The van der Waals surface area contributed by atoms with Gasteiger partial charge in [-0.15, -0.1) is 0 Å². The van der Waals surface area contributed by atoms with E-state index in [1.807, 2.05) is 13.8 Å². The van der Waals surface area contributed by atoms with E-state index >= 15 is 0 Å². The van der Waals surface area contributed by atoms with Gasteiger partial charge in [0.2, 0.25) is 0 Å². The van der Waals surface area contributed by atoms with E-state index in [1.165, 1.54) is 19.0 Å². The first-order valence-electron chi connectivity index (χ1n) is 6.03. The Kier molecular flexibility index (Phi) is 8.17. The van der Waals surface area contributed by atoms with Crippen LogP contribution in [0.4, 0.5) is 0 Å². The number of aliphatic hydroxyl groups is 1. The molecule has 7 heteroatoms. The van der Waals surface area contributed by atoms with E-state index in [1.54, 1.807) is 6.07 Å². The minimum atomic E-state index is -1.17. The number of aliphatic hydroxyl groups excluding tert-OH is 1. The lowest BCUT2D eigenvalue weighted by atomic mass is 9.99. The first-order chi connectivity index (χ1) is 8.73. The largest absolute Gasteiger partial charge is 0.504 e. The second-order valence-electron chi connectivity index (χ2n) is 4.46. The van der Waals surface area contributed by atoms with Gasteiger partial charge in [0.1, 0.15) is 0 Å². The normalized spacial score (nSPS) is 11.7. The number of hydrogen-bond acceptors (Lipinski definition) is 6. The summed E-state index contributed by atoms with van der Waals surface area (Å²) in [5, 5.41) is 46.4. The van der Waals surface area contributed by atoms with E-state index in [-0.39, 0.29) is 11.5 Å². The van der Waals surface area contributed by atoms with Gasteiger partial charge in [0.15, 0.2) is 11.5 Å². The van der Waals surface area contributed by atoms with Crippen molar-refractivity contribution in [3.05, 3.63) is 23.8 Å². The molecule has 0 aliphatic heterocycles. The molecule has 6 N–H and O–H groups in total. The summed E-state index contributed by atoms with van der Waals surface area (Å²) in [5.41, 5.74) is 0.582. The van der Waals surface area contributed by atoms with Gasteiger partial charge in [-0.3, -0.25) is 0 Å². The highest BCUT2D eigenvalue weighted by Crippen LogP contribution is 2.27. The number of benzene rings is 1. The van der Waals surface area contributed by atoms with Gasteiger partial charge in [-0.2, -0.15) is 0 Å². The Labute approximate surface area is 113 Å². The van der Waals surface area contributed by atoms with Crippen molar-refractivity contribution in [2.24, 2.45) is 0 Å². The van der Waals surface area contributed by atoms with Crippen LogP contribution in [-0.2, 0) is 0 Å². The van der Waals surface area contributed by atoms with Crippen molar-refractivity contribution < 1.29 is 25.4 Å². The van der Waals surface area contributed by atoms with E-state index in [0.717, 1.165) is 0 Å². The molecule has 0 aliphatic rings. The predicted molar refractivity (Wildman–Crippen MR) is 73.9 cm³/mol. The zero-order chi connectivity index (χ0) is 15.0. The second kappa shape index (κ2) is 8.76. The Morgan fingerprint density at radius 3 is 2.11 bits per heavy atom. The molecule has 0 spiro atoms. The summed E-state index contributed by atoms with van der Waals surface area (Å²) in [7, 11) is -1.17. The molecular weight excluding hydrogens is 249 g/mol. The standard InChI is InChI=1S/C11H17NO3.CH5BO2/c1-7(2)12-6-11(15)8-3-4-9(13)10(14)5-8;1-2(3)4/h3-5,7,11-15H,6H2,1-2H3;3-4H,1H3. The van der Waals surface area contributed by atoms with E-state index < -0.39 is 13.2 Å². The Morgan fingerprint density at radius 1 is 1.16 bits per heavy atom. The highest BCUT2D eigenvalue weighted by molar-refractivity contribution is 6.38. The Morgan fingerprint density at radius 2 is 1.68 bits per heavy atom. The molecule has 0 radical (unpaired) electrons. The quantitative estimate of drug-likeness (QED) is 0.345. The zero-order valence-corrected chi connectivity index (χ0v) is 11.4. The summed E-state index contributed by atoms with van der Waals surface area (Å²) < 4.78 is 0. The topological polar surface area (TPSA) is 113 Å². The first kappa shape index (κ1) is 17.7. The predicted octanol–water partition coefficient (Wildman–Crippen LogP) is 0.218. The molecule has 1 atom stereocenters. The summed E-state index contributed by atoms with van der Waals surface area (Å²) in [6.07, 6.45) is -0.682. The SMILES string of the molecule is CB(O)O.CC(C)NCC(O)c1ccc(O)c(O)c1. The van der Waals surface area contributed by atoms with Crippen molar-refractivity contribution in [3.8, 4) is 11.5 Å². The van der Waals surface area contributed by atoms with Gasteiger partial charge >= 0.3 is 7.12 Å². The van der Waals surface area contributed by atoms with Crippen LogP contribution < -0.4 is 5.32 Å².